The Bertz CT molecular complexity index is 1070. The first-order valence-corrected chi connectivity index (χ1v) is 10.5. The Morgan fingerprint density at radius 1 is 1.03 bits per heavy atom. The van der Waals surface area contributed by atoms with Gasteiger partial charge in [-0.25, -0.2) is 4.98 Å². The summed E-state index contributed by atoms with van der Waals surface area (Å²) in [5.74, 6) is 0.304. The van der Waals surface area contributed by atoms with Gasteiger partial charge in [0.25, 0.3) is 0 Å². The number of hydrogen-bond acceptors (Lipinski definition) is 5. The highest BCUT2D eigenvalue weighted by Gasteiger charge is 2.31. The van der Waals surface area contributed by atoms with Crippen molar-refractivity contribution in [1.29, 1.82) is 0 Å². The zero-order valence-corrected chi connectivity index (χ0v) is 18.0. The van der Waals surface area contributed by atoms with E-state index in [1.165, 1.54) is 17.7 Å². The van der Waals surface area contributed by atoms with Crippen LogP contribution in [0.5, 0.6) is 5.75 Å². The molecule has 1 amide bonds. The Morgan fingerprint density at radius 3 is 2.33 bits per heavy atom. The Hall–Kier alpha value is -3.53. The summed E-state index contributed by atoms with van der Waals surface area (Å²) in [5.41, 5.74) is 2.65. The first-order chi connectivity index (χ1) is 15.8. The van der Waals surface area contributed by atoms with Crippen LogP contribution in [0.3, 0.4) is 0 Å². The minimum atomic E-state index is -4.75. The fourth-order valence-electron chi connectivity index (χ4n) is 3.69. The summed E-state index contributed by atoms with van der Waals surface area (Å²) in [7, 11) is 0. The molecule has 1 fully saturated rings. The second-order valence-corrected chi connectivity index (χ2v) is 7.82. The molecule has 0 bridgehead atoms. The number of anilines is 2. The number of carbonyl (C=O) groups is 1. The van der Waals surface area contributed by atoms with Gasteiger partial charge >= 0.3 is 6.36 Å². The standard InChI is InChI=1S/C23H24F3N5O2/c1-17-2-6-19(7-3-17)31-11-10-27-22(31)30-14-12-29(13-15-30)16-21(32)28-18-4-8-20(9-5-18)33-23(24,25)26/h2-11H,12-16H2,1H3,(H,28,32). The van der Waals surface area contributed by atoms with Crippen molar-refractivity contribution in [3.8, 4) is 11.4 Å². The molecule has 2 aromatic carbocycles. The number of benzene rings is 2. The number of nitrogens with zero attached hydrogens (tertiary/aromatic N) is 4. The molecule has 0 atom stereocenters. The molecule has 7 nitrogen and oxygen atoms in total. The number of piperazine rings is 1. The highest BCUT2D eigenvalue weighted by Crippen LogP contribution is 2.24. The molecule has 1 aliphatic rings. The fourth-order valence-corrected chi connectivity index (χ4v) is 3.69. The second kappa shape index (κ2) is 9.53. The van der Waals surface area contributed by atoms with Crippen LogP contribution in [-0.2, 0) is 4.79 Å². The lowest BCUT2D eigenvalue weighted by atomic mass is 10.2. The molecule has 1 N–H and O–H groups in total. The van der Waals surface area contributed by atoms with Crippen molar-refractivity contribution in [3.63, 3.8) is 0 Å². The Balaban J connectivity index is 1.28. The third kappa shape index (κ3) is 6.04. The van der Waals surface area contributed by atoms with Gasteiger partial charge in [0, 0.05) is 49.9 Å². The van der Waals surface area contributed by atoms with Gasteiger partial charge in [-0.05, 0) is 43.3 Å². The maximum Gasteiger partial charge on any atom is 0.573 e. The van der Waals surface area contributed by atoms with E-state index in [0.29, 0.717) is 18.8 Å². The Morgan fingerprint density at radius 2 is 1.70 bits per heavy atom. The van der Waals surface area contributed by atoms with Gasteiger partial charge in [-0.3, -0.25) is 14.3 Å². The number of rotatable bonds is 6. The fraction of sp³-hybridized carbons (Fsp3) is 0.304. The SMILES string of the molecule is Cc1ccc(-n2ccnc2N2CCN(CC(=O)Nc3ccc(OC(F)(F)F)cc3)CC2)cc1. The average molecular weight is 459 g/mol. The van der Waals surface area contributed by atoms with Crippen molar-refractivity contribution in [3.05, 3.63) is 66.5 Å². The van der Waals surface area contributed by atoms with E-state index in [2.05, 4.69) is 44.2 Å². The minimum Gasteiger partial charge on any atom is -0.406 e. The number of aromatic nitrogens is 2. The first-order valence-electron chi connectivity index (χ1n) is 10.5. The van der Waals surface area contributed by atoms with Crippen LogP contribution in [0, 0.1) is 6.92 Å². The largest absolute Gasteiger partial charge is 0.573 e. The lowest BCUT2D eigenvalue weighted by Gasteiger charge is -2.35. The van der Waals surface area contributed by atoms with E-state index >= 15 is 0 Å². The van der Waals surface area contributed by atoms with Gasteiger partial charge < -0.3 is 15.0 Å². The number of amides is 1. The number of imidazole rings is 1. The van der Waals surface area contributed by atoms with Gasteiger partial charge in [0.1, 0.15) is 5.75 Å². The molecule has 33 heavy (non-hydrogen) atoms. The molecule has 3 aromatic rings. The van der Waals surface area contributed by atoms with Gasteiger partial charge in [-0.1, -0.05) is 17.7 Å². The number of alkyl halides is 3. The maximum absolute atomic E-state index is 12.4. The first kappa shape index (κ1) is 22.7. The van der Waals surface area contributed by atoms with Crippen molar-refractivity contribution in [2.75, 3.05) is 42.9 Å². The molecular formula is C23H24F3N5O2. The van der Waals surface area contributed by atoms with Gasteiger partial charge in [0.2, 0.25) is 11.9 Å². The topological polar surface area (TPSA) is 62.6 Å². The summed E-state index contributed by atoms with van der Waals surface area (Å²) in [6, 6.07) is 13.3. The molecule has 0 unspecified atom stereocenters. The van der Waals surface area contributed by atoms with Crippen molar-refractivity contribution in [2.24, 2.45) is 0 Å². The van der Waals surface area contributed by atoms with E-state index < -0.39 is 6.36 Å². The number of carbonyl (C=O) groups excluding carboxylic acids is 1. The summed E-state index contributed by atoms with van der Waals surface area (Å²) < 4.78 is 42.6. The summed E-state index contributed by atoms with van der Waals surface area (Å²) >= 11 is 0. The van der Waals surface area contributed by atoms with E-state index in [9.17, 15) is 18.0 Å². The molecule has 174 valence electrons. The number of aryl methyl sites for hydroxylation is 1. The third-order valence-corrected chi connectivity index (χ3v) is 5.33. The molecular weight excluding hydrogens is 435 g/mol. The van der Waals surface area contributed by atoms with Crippen molar-refractivity contribution in [1.82, 2.24) is 14.5 Å². The normalized spacial score (nSPS) is 14.8. The molecule has 0 saturated carbocycles. The van der Waals surface area contributed by atoms with Crippen molar-refractivity contribution >= 4 is 17.5 Å². The summed E-state index contributed by atoms with van der Waals surface area (Å²) in [4.78, 5) is 21.1. The van der Waals surface area contributed by atoms with Crippen molar-refractivity contribution < 1.29 is 22.7 Å². The second-order valence-electron chi connectivity index (χ2n) is 7.82. The van der Waals surface area contributed by atoms with Gasteiger partial charge in [0.05, 0.1) is 6.54 Å². The van der Waals surface area contributed by atoms with Crippen LogP contribution in [0.4, 0.5) is 24.8 Å². The van der Waals surface area contributed by atoms with Crippen LogP contribution in [0.2, 0.25) is 0 Å². The van der Waals surface area contributed by atoms with E-state index in [1.807, 2.05) is 22.6 Å². The molecule has 0 radical (unpaired) electrons. The number of nitrogens with one attached hydrogen (secondary N) is 1. The number of ether oxygens (including phenoxy) is 1. The number of halogens is 3. The molecule has 1 aliphatic heterocycles. The Labute approximate surface area is 189 Å². The van der Waals surface area contributed by atoms with Crippen LogP contribution in [0.25, 0.3) is 5.69 Å². The lowest BCUT2D eigenvalue weighted by molar-refractivity contribution is -0.274. The monoisotopic (exact) mass is 459 g/mol. The molecule has 0 aliphatic carbocycles. The van der Waals surface area contributed by atoms with Crippen LogP contribution in [-0.4, -0.2) is 59.4 Å². The highest BCUT2D eigenvalue weighted by molar-refractivity contribution is 5.92. The molecule has 2 heterocycles. The summed E-state index contributed by atoms with van der Waals surface area (Å²) in [6.45, 7) is 5.06. The summed E-state index contributed by atoms with van der Waals surface area (Å²) in [6.07, 6.45) is -1.03. The van der Waals surface area contributed by atoms with Gasteiger partial charge in [0.15, 0.2) is 0 Å². The summed E-state index contributed by atoms with van der Waals surface area (Å²) in [5, 5.41) is 2.71. The third-order valence-electron chi connectivity index (χ3n) is 5.33. The van der Waals surface area contributed by atoms with E-state index in [0.717, 1.165) is 36.9 Å². The van der Waals surface area contributed by atoms with Crippen molar-refractivity contribution in [2.45, 2.75) is 13.3 Å². The van der Waals surface area contributed by atoms with Gasteiger partial charge in [-0.2, -0.15) is 0 Å². The van der Waals surface area contributed by atoms with E-state index in [4.69, 9.17) is 0 Å². The van der Waals surface area contributed by atoms with Crippen LogP contribution < -0.4 is 15.0 Å². The molecule has 10 heteroatoms. The van der Waals surface area contributed by atoms with Crippen LogP contribution in [0.15, 0.2) is 60.9 Å². The van der Waals surface area contributed by atoms with Gasteiger partial charge in [-0.15, -0.1) is 13.2 Å². The lowest BCUT2D eigenvalue weighted by Crippen LogP contribution is -2.49. The van der Waals surface area contributed by atoms with Crippen LogP contribution in [0.1, 0.15) is 5.56 Å². The molecule has 0 spiro atoms. The molecule has 1 aromatic heterocycles. The molecule has 4 rings (SSSR count). The smallest absolute Gasteiger partial charge is 0.406 e. The number of hydrogen-bond donors (Lipinski definition) is 1. The Kier molecular flexibility index (Phi) is 6.55. The molecule has 1 saturated heterocycles. The van der Waals surface area contributed by atoms with E-state index in [-0.39, 0.29) is 18.2 Å². The maximum atomic E-state index is 12.4. The predicted molar refractivity (Wildman–Crippen MR) is 119 cm³/mol. The highest BCUT2D eigenvalue weighted by atomic mass is 19.4. The van der Waals surface area contributed by atoms with Crippen LogP contribution >= 0.6 is 0 Å². The zero-order valence-electron chi connectivity index (χ0n) is 18.0. The average Bonchev–Trinajstić information content (AvgIpc) is 3.25. The zero-order chi connectivity index (χ0) is 23.4. The predicted octanol–water partition coefficient (Wildman–Crippen LogP) is 3.84. The quantitative estimate of drug-likeness (QED) is 0.607. The minimum absolute atomic E-state index is 0.195. The van der Waals surface area contributed by atoms with E-state index in [1.54, 1.807) is 6.20 Å².